The van der Waals surface area contributed by atoms with E-state index in [9.17, 15) is 0 Å². The first-order chi connectivity index (χ1) is 11.2. The Kier molecular flexibility index (Phi) is 4.95. The molecule has 0 spiro atoms. The van der Waals surface area contributed by atoms with Crippen LogP contribution in [0.4, 0.5) is 5.82 Å². The van der Waals surface area contributed by atoms with Gasteiger partial charge in [0, 0.05) is 25.0 Å². The molecule has 0 radical (unpaired) electrons. The number of piperidine rings is 1. The Balaban J connectivity index is 1.51. The van der Waals surface area contributed by atoms with Crippen LogP contribution in [0.15, 0.2) is 41.4 Å². The van der Waals surface area contributed by atoms with Gasteiger partial charge in [0.2, 0.25) is 0 Å². The Bertz CT molecular complexity index is 682. The highest BCUT2D eigenvalue weighted by Gasteiger charge is 2.17. The second-order valence-corrected chi connectivity index (χ2v) is 6.25. The first kappa shape index (κ1) is 15.6. The third-order valence-electron chi connectivity index (χ3n) is 4.27. The molecule has 1 aromatic heterocycles. The maximum Gasteiger partial charge on any atom is 0.191 e. The van der Waals surface area contributed by atoms with E-state index in [0.717, 1.165) is 36.4 Å². The van der Waals surface area contributed by atoms with Gasteiger partial charge >= 0.3 is 0 Å². The quantitative estimate of drug-likeness (QED) is 0.517. The molecule has 5 heteroatoms. The Hall–Kier alpha value is -2.30. The van der Waals surface area contributed by atoms with E-state index < -0.39 is 0 Å². The SMILES string of the molecule is CC1CCCN(C(N)=NCCNc2ccc3ccccc3n2)C1. The van der Waals surface area contributed by atoms with Crippen molar-refractivity contribution in [3.63, 3.8) is 0 Å². The Labute approximate surface area is 137 Å². The summed E-state index contributed by atoms with van der Waals surface area (Å²) in [5.41, 5.74) is 7.10. The smallest absolute Gasteiger partial charge is 0.191 e. The Morgan fingerprint density at radius 1 is 1.35 bits per heavy atom. The standard InChI is InChI=1S/C18H25N5/c1-14-5-4-12-23(13-14)18(19)21-11-10-20-17-9-8-15-6-2-3-7-16(15)22-17/h2-3,6-9,14H,4-5,10-13H2,1H3,(H2,19,21)(H,20,22). The lowest BCUT2D eigenvalue weighted by Gasteiger charge is -2.31. The number of benzene rings is 1. The predicted octanol–water partition coefficient (Wildman–Crippen LogP) is 2.69. The number of aromatic nitrogens is 1. The summed E-state index contributed by atoms with van der Waals surface area (Å²) in [7, 11) is 0. The first-order valence-electron chi connectivity index (χ1n) is 8.37. The van der Waals surface area contributed by atoms with E-state index in [1.54, 1.807) is 0 Å². The second-order valence-electron chi connectivity index (χ2n) is 6.25. The van der Waals surface area contributed by atoms with E-state index in [1.165, 1.54) is 12.8 Å². The third kappa shape index (κ3) is 4.12. The van der Waals surface area contributed by atoms with Gasteiger partial charge in [0.25, 0.3) is 0 Å². The number of hydrogen-bond donors (Lipinski definition) is 2. The summed E-state index contributed by atoms with van der Waals surface area (Å²) in [5.74, 6) is 2.26. The number of likely N-dealkylation sites (tertiary alicyclic amines) is 1. The van der Waals surface area contributed by atoms with Gasteiger partial charge < -0.3 is 16.0 Å². The number of guanidine groups is 1. The molecule has 1 atom stereocenters. The van der Waals surface area contributed by atoms with Crippen LogP contribution in [-0.2, 0) is 0 Å². The highest BCUT2D eigenvalue weighted by molar-refractivity contribution is 5.80. The molecule has 0 aliphatic carbocycles. The van der Waals surface area contributed by atoms with Crippen molar-refractivity contribution in [3.8, 4) is 0 Å². The summed E-state index contributed by atoms with van der Waals surface area (Å²) >= 11 is 0. The maximum atomic E-state index is 6.10. The number of rotatable bonds is 4. The van der Waals surface area contributed by atoms with Gasteiger partial charge in [0.15, 0.2) is 5.96 Å². The average Bonchev–Trinajstić information content (AvgIpc) is 2.58. The van der Waals surface area contributed by atoms with Crippen molar-refractivity contribution in [3.05, 3.63) is 36.4 Å². The minimum Gasteiger partial charge on any atom is -0.370 e. The fourth-order valence-corrected chi connectivity index (χ4v) is 3.02. The topological polar surface area (TPSA) is 66.5 Å². The van der Waals surface area contributed by atoms with Crippen molar-refractivity contribution >= 4 is 22.7 Å². The number of nitrogens with one attached hydrogen (secondary N) is 1. The van der Waals surface area contributed by atoms with Crippen molar-refractivity contribution < 1.29 is 0 Å². The molecular formula is C18H25N5. The molecule has 1 saturated heterocycles. The number of para-hydroxylation sites is 1. The maximum absolute atomic E-state index is 6.10. The van der Waals surface area contributed by atoms with Gasteiger partial charge in [0.05, 0.1) is 12.1 Å². The van der Waals surface area contributed by atoms with Gasteiger partial charge in [-0.15, -0.1) is 0 Å². The molecule has 0 saturated carbocycles. The van der Waals surface area contributed by atoms with Gasteiger partial charge in [0.1, 0.15) is 5.82 Å². The van der Waals surface area contributed by atoms with Crippen molar-refractivity contribution in [1.29, 1.82) is 0 Å². The molecule has 3 rings (SSSR count). The van der Waals surface area contributed by atoms with Crippen molar-refractivity contribution in [2.24, 2.45) is 16.6 Å². The molecule has 1 fully saturated rings. The van der Waals surface area contributed by atoms with E-state index >= 15 is 0 Å². The molecule has 3 N–H and O–H groups in total. The fraction of sp³-hybridized carbons (Fsp3) is 0.444. The number of pyridine rings is 1. The molecule has 2 heterocycles. The van der Waals surface area contributed by atoms with Gasteiger partial charge in [-0.1, -0.05) is 25.1 Å². The summed E-state index contributed by atoms with van der Waals surface area (Å²) in [6.07, 6.45) is 2.50. The van der Waals surface area contributed by atoms with Crippen LogP contribution in [0.5, 0.6) is 0 Å². The molecule has 122 valence electrons. The highest BCUT2D eigenvalue weighted by atomic mass is 15.3. The average molecular weight is 311 g/mol. The first-order valence-corrected chi connectivity index (χ1v) is 8.37. The molecule has 0 bridgehead atoms. The van der Waals surface area contributed by atoms with Crippen LogP contribution in [0.2, 0.25) is 0 Å². The molecule has 0 amide bonds. The van der Waals surface area contributed by atoms with E-state index in [0.29, 0.717) is 18.4 Å². The number of aliphatic imine (C=N–C) groups is 1. The van der Waals surface area contributed by atoms with Crippen LogP contribution in [-0.4, -0.2) is 42.0 Å². The van der Waals surface area contributed by atoms with Crippen molar-refractivity contribution in [2.45, 2.75) is 19.8 Å². The molecule has 1 aromatic carbocycles. The monoisotopic (exact) mass is 311 g/mol. The summed E-state index contributed by atoms with van der Waals surface area (Å²) in [6.45, 7) is 5.71. The minimum atomic E-state index is 0.658. The van der Waals surface area contributed by atoms with Gasteiger partial charge in [-0.3, -0.25) is 4.99 Å². The van der Waals surface area contributed by atoms with E-state index in [4.69, 9.17) is 5.73 Å². The van der Waals surface area contributed by atoms with Crippen LogP contribution < -0.4 is 11.1 Å². The summed E-state index contributed by atoms with van der Waals surface area (Å²) in [6, 6.07) is 12.2. The zero-order valence-electron chi connectivity index (χ0n) is 13.7. The lowest BCUT2D eigenvalue weighted by Crippen LogP contribution is -2.43. The van der Waals surface area contributed by atoms with Crippen LogP contribution in [0.3, 0.4) is 0 Å². The molecule has 23 heavy (non-hydrogen) atoms. The number of nitrogens with zero attached hydrogens (tertiary/aromatic N) is 3. The number of anilines is 1. The van der Waals surface area contributed by atoms with E-state index in [1.807, 2.05) is 24.3 Å². The molecule has 1 aliphatic heterocycles. The Morgan fingerprint density at radius 2 is 2.22 bits per heavy atom. The predicted molar refractivity (Wildman–Crippen MR) is 96.7 cm³/mol. The summed E-state index contributed by atoms with van der Waals surface area (Å²) in [5, 5.41) is 4.46. The Morgan fingerprint density at radius 3 is 3.09 bits per heavy atom. The van der Waals surface area contributed by atoms with Crippen LogP contribution >= 0.6 is 0 Å². The number of fused-ring (bicyclic) bond motifs is 1. The van der Waals surface area contributed by atoms with Crippen LogP contribution in [0.1, 0.15) is 19.8 Å². The molecule has 1 unspecified atom stereocenters. The van der Waals surface area contributed by atoms with Crippen molar-refractivity contribution in [1.82, 2.24) is 9.88 Å². The summed E-state index contributed by atoms with van der Waals surface area (Å²) < 4.78 is 0. The van der Waals surface area contributed by atoms with Gasteiger partial charge in [-0.25, -0.2) is 4.98 Å². The zero-order valence-corrected chi connectivity index (χ0v) is 13.7. The molecule has 1 aliphatic rings. The zero-order chi connectivity index (χ0) is 16.1. The largest absolute Gasteiger partial charge is 0.370 e. The molecular weight excluding hydrogens is 286 g/mol. The number of hydrogen-bond acceptors (Lipinski definition) is 3. The number of nitrogens with two attached hydrogens (primary N) is 1. The van der Waals surface area contributed by atoms with E-state index in [2.05, 4.69) is 39.2 Å². The third-order valence-corrected chi connectivity index (χ3v) is 4.27. The second kappa shape index (κ2) is 7.31. The lowest BCUT2D eigenvalue weighted by atomic mass is 10.0. The lowest BCUT2D eigenvalue weighted by molar-refractivity contribution is 0.270. The highest BCUT2D eigenvalue weighted by Crippen LogP contribution is 2.15. The van der Waals surface area contributed by atoms with Crippen LogP contribution in [0.25, 0.3) is 10.9 Å². The normalized spacial score (nSPS) is 19.1. The van der Waals surface area contributed by atoms with Gasteiger partial charge in [-0.05, 0) is 37.0 Å². The van der Waals surface area contributed by atoms with Gasteiger partial charge in [-0.2, -0.15) is 0 Å². The van der Waals surface area contributed by atoms with Crippen LogP contribution in [0, 0.1) is 5.92 Å². The molecule has 5 nitrogen and oxygen atoms in total. The van der Waals surface area contributed by atoms with Crippen molar-refractivity contribution in [2.75, 3.05) is 31.5 Å². The minimum absolute atomic E-state index is 0.658. The summed E-state index contributed by atoms with van der Waals surface area (Å²) in [4.78, 5) is 11.3. The fourth-order valence-electron chi connectivity index (χ4n) is 3.02. The van der Waals surface area contributed by atoms with E-state index in [-0.39, 0.29) is 0 Å². The molecule has 2 aromatic rings.